The first-order valence-corrected chi connectivity index (χ1v) is 29.5. The average Bonchev–Trinajstić information content (AvgIpc) is 3.28. The normalized spacial score (nSPS) is 21.7. The number of ether oxygens (including phenoxy) is 2. The van der Waals surface area contributed by atoms with Crippen molar-refractivity contribution in [3.05, 3.63) is 48.6 Å². The lowest BCUT2D eigenvalue weighted by atomic mass is 9.85. The van der Waals surface area contributed by atoms with Crippen molar-refractivity contribution in [3.8, 4) is 0 Å². The van der Waals surface area contributed by atoms with Gasteiger partial charge in [-0.1, -0.05) is 140 Å². The monoisotopic (exact) mass is 1050 g/mol. The SMILES string of the molecule is CCCCCC=CCC=CCCCCCCCCCC(=O)OC[C@H](COP(=O)(O)O[C@H]1C(O)C(O)C(OP(=O)(O)O)[C@@H](OP(=O)(O)O)C1O)OC(=O)CCCCCCCC=CCC=CCCCCC. The van der Waals surface area contributed by atoms with Crippen LogP contribution in [0.25, 0.3) is 0 Å². The molecule has 0 amide bonds. The quantitative estimate of drug-likeness (QED) is 0.0122. The minimum Gasteiger partial charge on any atom is -0.462 e. The number of carbonyl (C=O) groups excluding carboxylic acids is 2. The molecule has 69 heavy (non-hydrogen) atoms. The van der Waals surface area contributed by atoms with Gasteiger partial charge in [0.1, 0.15) is 43.2 Å². The van der Waals surface area contributed by atoms with Crippen molar-refractivity contribution < 1.29 is 90.6 Å². The summed E-state index contributed by atoms with van der Waals surface area (Å²) in [5.74, 6) is -1.32. The van der Waals surface area contributed by atoms with E-state index in [2.05, 4.69) is 71.5 Å². The van der Waals surface area contributed by atoms with Crippen LogP contribution in [-0.4, -0.2) is 108 Å². The van der Waals surface area contributed by atoms with Crippen molar-refractivity contribution in [2.45, 2.75) is 224 Å². The molecule has 8 atom stereocenters. The summed E-state index contributed by atoms with van der Waals surface area (Å²) in [7, 11) is -16.6. The number of phosphoric acid groups is 3. The summed E-state index contributed by atoms with van der Waals surface area (Å²) in [4.78, 5) is 73.3. The largest absolute Gasteiger partial charge is 0.472 e. The molecule has 0 radical (unpaired) electrons. The van der Waals surface area contributed by atoms with E-state index in [9.17, 15) is 63.1 Å². The Balaban J connectivity index is 2.72. The Labute approximate surface area is 410 Å². The highest BCUT2D eigenvalue weighted by atomic mass is 31.2. The molecule has 1 fully saturated rings. The van der Waals surface area contributed by atoms with E-state index in [1.807, 2.05) is 0 Å². The standard InChI is InChI=1S/C47H85O19P3/c1-3-5-7-9-11-13-15-17-19-20-22-23-25-27-29-31-33-35-40(48)61-37-39(63-41(49)36-34-32-30-28-26-24-21-18-16-14-12-10-8-6-4-2)38-62-69(59,60)66-45-42(50)43(51)46(64-67(53,54)55)47(44(45)52)65-68(56,57)58/h11-14,17-19,21,39,42-47,50-52H,3-10,15-16,20,22-38H2,1-2H3,(H,59,60)(H2,53,54,55)(H2,56,57,58)/t39-,42?,43?,44?,45+,46?,47+/m1/s1. The highest BCUT2D eigenvalue weighted by Crippen LogP contribution is 2.51. The topological polar surface area (TPSA) is 303 Å². The lowest BCUT2D eigenvalue weighted by Crippen LogP contribution is -2.65. The maximum atomic E-state index is 13.1. The molecule has 19 nitrogen and oxygen atoms in total. The van der Waals surface area contributed by atoms with E-state index in [-0.39, 0.29) is 12.8 Å². The predicted octanol–water partition coefficient (Wildman–Crippen LogP) is 9.40. The number of allylic oxidation sites excluding steroid dienone is 8. The van der Waals surface area contributed by atoms with Crippen LogP contribution in [0, 0.1) is 0 Å². The van der Waals surface area contributed by atoms with Crippen LogP contribution in [-0.2, 0) is 50.9 Å². The second kappa shape index (κ2) is 38.7. The first kappa shape index (κ1) is 65.1. The molecular formula is C47H85O19P3. The summed E-state index contributed by atoms with van der Waals surface area (Å²) in [6, 6.07) is 0. The van der Waals surface area contributed by atoms with Gasteiger partial charge in [-0.25, -0.2) is 13.7 Å². The molecule has 402 valence electrons. The van der Waals surface area contributed by atoms with Gasteiger partial charge in [0.15, 0.2) is 6.10 Å². The van der Waals surface area contributed by atoms with Crippen LogP contribution in [0.5, 0.6) is 0 Å². The van der Waals surface area contributed by atoms with Crippen molar-refractivity contribution >= 4 is 35.4 Å². The number of rotatable bonds is 42. The van der Waals surface area contributed by atoms with Crippen LogP contribution in [0.15, 0.2) is 48.6 Å². The zero-order valence-electron chi connectivity index (χ0n) is 40.9. The minimum absolute atomic E-state index is 0.0209. The Kier molecular flexibility index (Phi) is 36.5. The Bertz CT molecular complexity index is 1630. The third-order valence-electron chi connectivity index (χ3n) is 11.1. The van der Waals surface area contributed by atoms with Gasteiger partial charge in [-0.3, -0.25) is 27.7 Å². The fraction of sp³-hybridized carbons (Fsp3) is 0.787. The summed E-state index contributed by atoms with van der Waals surface area (Å²) >= 11 is 0. The van der Waals surface area contributed by atoms with Gasteiger partial charge in [0, 0.05) is 12.8 Å². The van der Waals surface area contributed by atoms with E-state index >= 15 is 0 Å². The predicted molar refractivity (Wildman–Crippen MR) is 261 cm³/mol. The molecule has 0 saturated heterocycles. The second-order valence-electron chi connectivity index (χ2n) is 17.4. The Morgan fingerprint density at radius 2 is 0.841 bits per heavy atom. The van der Waals surface area contributed by atoms with Crippen LogP contribution >= 0.6 is 23.5 Å². The van der Waals surface area contributed by atoms with Gasteiger partial charge in [-0.05, 0) is 77.0 Å². The molecule has 0 spiro atoms. The number of carbonyl (C=O) groups is 2. The molecule has 1 rings (SSSR count). The van der Waals surface area contributed by atoms with Crippen molar-refractivity contribution in [3.63, 3.8) is 0 Å². The van der Waals surface area contributed by atoms with Crippen LogP contribution in [0.3, 0.4) is 0 Å². The van der Waals surface area contributed by atoms with Gasteiger partial charge < -0.3 is 49.3 Å². The van der Waals surface area contributed by atoms with Crippen LogP contribution in [0.1, 0.15) is 181 Å². The Morgan fingerprint density at radius 3 is 1.28 bits per heavy atom. The maximum Gasteiger partial charge on any atom is 0.472 e. The van der Waals surface area contributed by atoms with E-state index in [1.54, 1.807) is 0 Å². The van der Waals surface area contributed by atoms with Gasteiger partial charge in [0.2, 0.25) is 0 Å². The summed E-state index contributed by atoms with van der Waals surface area (Å²) in [5, 5.41) is 31.9. The molecule has 0 bridgehead atoms. The number of esters is 2. The summed E-state index contributed by atoms with van der Waals surface area (Å²) in [6.07, 6.45) is 25.4. The molecule has 0 heterocycles. The van der Waals surface area contributed by atoms with Gasteiger partial charge >= 0.3 is 35.4 Å². The molecule has 0 aromatic carbocycles. The summed E-state index contributed by atoms with van der Waals surface area (Å²) in [5.41, 5.74) is 0. The van der Waals surface area contributed by atoms with Crippen LogP contribution < -0.4 is 0 Å². The molecule has 1 aliphatic carbocycles. The minimum atomic E-state index is -5.61. The van der Waals surface area contributed by atoms with Gasteiger partial charge in [0.05, 0.1) is 6.61 Å². The molecule has 22 heteroatoms. The first-order chi connectivity index (χ1) is 32.8. The first-order valence-electron chi connectivity index (χ1n) is 24.9. The zero-order valence-corrected chi connectivity index (χ0v) is 43.6. The van der Waals surface area contributed by atoms with Gasteiger partial charge in [-0.15, -0.1) is 0 Å². The van der Waals surface area contributed by atoms with Gasteiger partial charge in [-0.2, -0.15) is 0 Å². The van der Waals surface area contributed by atoms with Gasteiger partial charge in [0.25, 0.3) is 0 Å². The van der Waals surface area contributed by atoms with E-state index in [0.29, 0.717) is 12.8 Å². The van der Waals surface area contributed by atoms with Crippen molar-refractivity contribution in [1.82, 2.24) is 0 Å². The van der Waals surface area contributed by atoms with E-state index in [0.717, 1.165) is 103 Å². The number of phosphoric ester groups is 3. The third kappa shape index (κ3) is 35.0. The lowest BCUT2D eigenvalue weighted by molar-refractivity contribution is -0.213. The van der Waals surface area contributed by atoms with E-state index in [1.165, 1.54) is 38.5 Å². The molecule has 1 aliphatic rings. The summed E-state index contributed by atoms with van der Waals surface area (Å²) < 4.78 is 65.5. The number of hydrogen-bond donors (Lipinski definition) is 8. The molecule has 0 aromatic heterocycles. The number of unbranched alkanes of at least 4 members (excludes halogenated alkanes) is 18. The molecular weight excluding hydrogens is 961 g/mol. The molecule has 1 saturated carbocycles. The smallest absolute Gasteiger partial charge is 0.462 e. The van der Waals surface area contributed by atoms with Crippen molar-refractivity contribution in [1.29, 1.82) is 0 Å². The Morgan fingerprint density at radius 1 is 0.464 bits per heavy atom. The highest BCUT2D eigenvalue weighted by molar-refractivity contribution is 7.47. The zero-order chi connectivity index (χ0) is 51.4. The molecule has 0 aromatic rings. The number of hydrogen-bond acceptors (Lipinski definition) is 14. The molecule has 8 N–H and O–H groups in total. The number of aliphatic hydroxyl groups is 3. The highest BCUT2D eigenvalue weighted by Gasteiger charge is 2.56. The maximum absolute atomic E-state index is 13.1. The van der Waals surface area contributed by atoms with E-state index < -0.39 is 91.3 Å². The molecule has 5 unspecified atom stereocenters. The lowest BCUT2D eigenvalue weighted by Gasteiger charge is -2.44. The Hall–Kier alpha value is -1.89. The fourth-order valence-corrected chi connectivity index (χ4v) is 9.44. The van der Waals surface area contributed by atoms with Crippen LogP contribution in [0.2, 0.25) is 0 Å². The van der Waals surface area contributed by atoms with Crippen LogP contribution in [0.4, 0.5) is 0 Å². The molecule has 0 aliphatic heterocycles. The average molecular weight is 1050 g/mol. The van der Waals surface area contributed by atoms with Crippen molar-refractivity contribution in [2.75, 3.05) is 13.2 Å². The third-order valence-corrected chi connectivity index (χ3v) is 13.1. The second-order valence-corrected chi connectivity index (χ2v) is 21.2. The fourth-order valence-electron chi connectivity index (χ4n) is 7.35. The van der Waals surface area contributed by atoms with E-state index in [4.69, 9.17) is 18.5 Å². The number of aliphatic hydroxyl groups excluding tert-OH is 3. The van der Waals surface area contributed by atoms with Crippen molar-refractivity contribution in [2.24, 2.45) is 0 Å². The summed E-state index contributed by atoms with van der Waals surface area (Å²) in [6.45, 7) is 2.88.